The summed E-state index contributed by atoms with van der Waals surface area (Å²) in [7, 11) is 5.34. The van der Waals surface area contributed by atoms with Gasteiger partial charge in [0.2, 0.25) is 0 Å². The molecular weight excluding hydrogens is 466 g/mol. The molecule has 190 valence electrons. The van der Waals surface area contributed by atoms with E-state index < -0.39 is 0 Å². The molecule has 0 bridgehead atoms. The Morgan fingerprint density at radius 1 is 0.865 bits per heavy atom. The molecule has 1 fully saturated rings. The number of para-hydroxylation sites is 1. The quantitative estimate of drug-likeness (QED) is 0.404. The molecule has 0 radical (unpaired) electrons. The van der Waals surface area contributed by atoms with Crippen molar-refractivity contribution in [3.05, 3.63) is 84.6 Å². The van der Waals surface area contributed by atoms with E-state index in [0.29, 0.717) is 28.3 Å². The van der Waals surface area contributed by atoms with Gasteiger partial charge in [0.25, 0.3) is 5.91 Å². The number of methoxy groups -OCH3 is 2. The van der Waals surface area contributed by atoms with Gasteiger partial charge in [-0.15, -0.1) is 0 Å². The van der Waals surface area contributed by atoms with Gasteiger partial charge in [-0.25, -0.2) is 4.68 Å². The van der Waals surface area contributed by atoms with Gasteiger partial charge in [0, 0.05) is 55.4 Å². The highest BCUT2D eigenvalue weighted by molar-refractivity contribution is 6.08. The first-order valence-electron chi connectivity index (χ1n) is 12.3. The summed E-state index contributed by atoms with van der Waals surface area (Å²) in [6, 6.07) is 23.2. The zero-order valence-electron chi connectivity index (χ0n) is 21.3. The van der Waals surface area contributed by atoms with E-state index in [-0.39, 0.29) is 5.91 Å². The van der Waals surface area contributed by atoms with Crippen molar-refractivity contribution in [2.24, 2.45) is 0 Å². The zero-order valence-corrected chi connectivity index (χ0v) is 21.3. The summed E-state index contributed by atoms with van der Waals surface area (Å²) in [5, 5.41) is 7.83. The van der Waals surface area contributed by atoms with Crippen LogP contribution in [0.1, 0.15) is 10.4 Å². The Bertz CT molecular complexity index is 1360. The zero-order chi connectivity index (χ0) is 25.8. The van der Waals surface area contributed by atoms with Gasteiger partial charge in [-0.1, -0.05) is 18.2 Å². The summed E-state index contributed by atoms with van der Waals surface area (Å²) in [4.78, 5) is 18.2. The minimum absolute atomic E-state index is 0.248. The van der Waals surface area contributed by atoms with Gasteiger partial charge in [0.15, 0.2) is 0 Å². The predicted molar refractivity (Wildman–Crippen MR) is 146 cm³/mol. The summed E-state index contributed by atoms with van der Waals surface area (Å²) in [5.74, 6) is 0.986. The topological polar surface area (TPSA) is 71.9 Å². The molecule has 2 heterocycles. The lowest BCUT2D eigenvalue weighted by molar-refractivity contribution is 0.102. The molecule has 0 spiro atoms. The normalized spacial score (nSPS) is 13.9. The van der Waals surface area contributed by atoms with Crippen LogP contribution in [-0.4, -0.2) is 68.0 Å². The number of aromatic nitrogens is 2. The molecule has 5 rings (SSSR count). The molecule has 37 heavy (non-hydrogen) atoms. The van der Waals surface area contributed by atoms with Crippen LogP contribution in [0.5, 0.6) is 11.5 Å². The van der Waals surface area contributed by atoms with Crippen LogP contribution in [0.15, 0.2) is 79.0 Å². The first-order valence-corrected chi connectivity index (χ1v) is 12.3. The molecule has 0 atom stereocenters. The molecule has 1 aliphatic heterocycles. The van der Waals surface area contributed by atoms with Crippen LogP contribution in [0.25, 0.3) is 16.9 Å². The minimum atomic E-state index is -0.248. The third kappa shape index (κ3) is 5.29. The Hall–Kier alpha value is -4.30. The van der Waals surface area contributed by atoms with E-state index in [1.54, 1.807) is 31.2 Å². The Balaban J connectivity index is 1.45. The molecular formula is C29H31N5O3. The van der Waals surface area contributed by atoms with Crippen LogP contribution in [0.3, 0.4) is 0 Å². The van der Waals surface area contributed by atoms with E-state index in [4.69, 9.17) is 14.6 Å². The van der Waals surface area contributed by atoms with Gasteiger partial charge in [-0.05, 0) is 55.6 Å². The number of ether oxygens (including phenoxy) is 2. The van der Waals surface area contributed by atoms with E-state index in [1.165, 1.54) is 0 Å². The van der Waals surface area contributed by atoms with Crippen molar-refractivity contribution in [2.75, 3.05) is 57.7 Å². The van der Waals surface area contributed by atoms with Crippen LogP contribution in [0.4, 0.5) is 11.4 Å². The van der Waals surface area contributed by atoms with Gasteiger partial charge in [0.1, 0.15) is 17.2 Å². The molecule has 4 aromatic rings. The molecule has 0 saturated carbocycles. The van der Waals surface area contributed by atoms with Crippen molar-refractivity contribution < 1.29 is 14.3 Å². The number of carbonyl (C=O) groups excluding carboxylic acids is 1. The summed E-state index contributed by atoms with van der Waals surface area (Å²) in [5.41, 5.74) is 4.40. The number of nitrogens with zero attached hydrogens (tertiary/aromatic N) is 4. The minimum Gasteiger partial charge on any atom is -0.497 e. The smallest absolute Gasteiger partial charge is 0.259 e. The number of rotatable bonds is 7. The van der Waals surface area contributed by atoms with Crippen molar-refractivity contribution in [2.45, 2.75) is 0 Å². The standard InChI is InChI=1S/C29H31N5O3/c1-32-15-17-33(18-16-32)22-11-9-21(10-12-22)30-29(35)26-20-34(23-7-5-4-6-8-23)31-28(26)25-14-13-24(36-2)19-27(25)37-3/h4-14,19-20H,15-18H2,1-3H3,(H,30,35). The second-order valence-corrected chi connectivity index (χ2v) is 9.03. The number of hydrogen-bond donors (Lipinski definition) is 1. The lowest BCUT2D eigenvalue weighted by atomic mass is 10.1. The van der Waals surface area contributed by atoms with Gasteiger partial charge in [-0.3, -0.25) is 4.79 Å². The molecule has 1 N–H and O–H groups in total. The molecule has 3 aromatic carbocycles. The van der Waals surface area contributed by atoms with Crippen LogP contribution in [0, 0.1) is 0 Å². The average molecular weight is 498 g/mol. The van der Waals surface area contributed by atoms with Crippen molar-refractivity contribution >= 4 is 17.3 Å². The van der Waals surface area contributed by atoms with Gasteiger partial charge in [0.05, 0.1) is 25.5 Å². The van der Waals surface area contributed by atoms with Crippen LogP contribution in [-0.2, 0) is 0 Å². The molecule has 1 saturated heterocycles. The molecule has 0 unspecified atom stereocenters. The third-order valence-electron chi connectivity index (χ3n) is 6.64. The maximum absolute atomic E-state index is 13.6. The third-order valence-corrected chi connectivity index (χ3v) is 6.64. The number of nitrogens with one attached hydrogen (secondary N) is 1. The van der Waals surface area contributed by atoms with E-state index in [9.17, 15) is 4.79 Å². The Morgan fingerprint density at radius 2 is 1.59 bits per heavy atom. The molecule has 8 heteroatoms. The average Bonchev–Trinajstić information content (AvgIpc) is 3.39. The highest BCUT2D eigenvalue weighted by atomic mass is 16.5. The van der Waals surface area contributed by atoms with Gasteiger partial charge < -0.3 is 24.6 Å². The fourth-order valence-electron chi connectivity index (χ4n) is 4.46. The molecule has 1 amide bonds. The van der Waals surface area contributed by atoms with Crippen LogP contribution < -0.4 is 19.7 Å². The Labute approximate surface area is 217 Å². The maximum Gasteiger partial charge on any atom is 0.259 e. The number of carbonyl (C=O) groups is 1. The SMILES string of the molecule is COc1ccc(-c2nn(-c3ccccc3)cc2C(=O)Nc2ccc(N3CCN(C)CC3)cc2)c(OC)c1. The van der Waals surface area contributed by atoms with Crippen molar-refractivity contribution in [1.82, 2.24) is 14.7 Å². The predicted octanol–water partition coefficient (Wildman–Crippen LogP) is 4.56. The molecule has 8 nitrogen and oxygen atoms in total. The molecule has 1 aliphatic rings. The van der Waals surface area contributed by atoms with Crippen molar-refractivity contribution in [1.29, 1.82) is 0 Å². The highest BCUT2D eigenvalue weighted by Crippen LogP contribution is 2.35. The number of amides is 1. The fourth-order valence-corrected chi connectivity index (χ4v) is 4.46. The van der Waals surface area contributed by atoms with E-state index >= 15 is 0 Å². The van der Waals surface area contributed by atoms with Gasteiger partial charge >= 0.3 is 0 Å². The number of hydrogen-bond acceptors (Lipinski definition) is 6. The first kappa shape index (κ1) is 24.4. The largest absolute Gasteiger partial charge is 0.497 e. The van der Waals surface area contributed by atoms with Gasteiger partial charge in [-0.2, -0.15) is 5.10 Å². The second-order valence-electron chi connectivity index (χ2n) is 9.03. The monoisotopic (exact) mass is 497 g/mol. The summed E-state index contributed by atoms with van der Waals surface area (Å²) < 4.78 is 12.7. The van der Waals surface area contributed by atoms with E-state index in [1.807, 2.05) is 54.6 Å². The molecule has 0 aliphatic carbocycles. The first-order chi connectivity index (χ1) is 18.1. The maximum atomic E-state index is 13.6. The lowest BCUT2D eigenvalue weighted by Crippen LogP contribution is -2.44. The van der Waals surface area contributed by atoms with Crippen LogP contribution >= 0.6 is 0 Å². The van der Waals surface area contributed by atoms with E-state index in [2.05, 4.69) is 34.3 Å². The highest BCUT2D eigenvalue weighted by Gasteiger charge is 2.22. The number of anilines is 2. The number of benzene rings is 3. The van der Waals surface area contributed by atoms with Crippen LogP contribution in [0.2, 0.25) is 0 Å². The Morgan fingerprint density at radius 3 is 2.27 bits per heavy atom. The summed E-state index contributed by atoms with van der Waals surface area (Å²) in [6.45, 7) is 4.07. The van der Waals surface area contributed by atoms with Crippen molar-refractivity contribution in [3.63, 3.8) is 0 Å². The van der Waals surface area contributed by atoms with Crippen molar-refractivity contribution in [3.8, 4) is 28.4 Å². The number of piperazine rings is 1. The summed E-state index contributed by atoms with van der Waals surface area (Å²) >= 11 is 0. The summed E-state index contributed by atoms with van der Waals surface area (Å²) in [6.07, 6.45) is 1.75. The Kier molecular flexibility index (Phi) is 7.09. The number of likely N-dealkylation sites (N-methyl/N-ethyl adjacent to an activating group) is 1. The molecule has 1 aromatic heterocycles. The lowest BCUT2D eigenvalue weighted by Gasteiger charge is -2.34. The van der Waals surface area contributed by atoms with E-state index in [0.717, 1.165) is 43.2 Å². The second kappa shape index (κ2) is 10.8. The fraction of sp³-hybridized carbons (Fsp3) is 0.241.